The third-order valence-corrected chi connectivity index (χ3v) is 4.01. The van der Waals surface area contributed by atoms with E-state index in [1.54, 1.807) is 18.4 Å². The van der Waals surface area contributed by atoms with E-state index in [0.717, 1.165) is 17.1 Å². The topological polar surface area (TPSA) is 65.5 Å². The Hall–Kier alpha value is -1.47. The van der Waals surface area contributed by atoms with Crippen LogP contribution in [0.1, 0.15) is 72.5 Å². The van der Waals surface area contributed by atoms with Crippen LogP contribution in [0.5, 0.6) is 0 Å². The Morgan fingerprint density at radius 2 is 1.69 bits per heavy atom. The van der Waals surface area contributed by atoms with Crippen molar-refractivity contribution in [1.29, 1.82) is 0 Å². The number of Topliss-reactive ketones (excluding diaryl/α,β-unsaturated/α-hetero) is 1. The van der Waals surface area contributed by atoms with Crippen LogP contribution in [-0.2, 0) is 17.8 Å². The van der Waals surface area contributed by atoms with Gasteiger partial charge in [-0.25, -0.2) is 9.78 Å². The average molecular weight is 431 g/mol. The van der Waals surface area contributed by atoms with Gasteiger partial charge in [0.1, 0.15) is 5.78 Å². The van der Waals surface area contributed by atoms with Gasteiger partial charge in [0.2, 0.25) is 0 Å². The molecular weight excluding hydrogens is 384 g/mol. The van der Waals surface area contributed by atoms with Crippen LogP contribution in [0.25, 0.3) is 0 Å². The van der Waals surface area contributed by atoms with Crippen molar-refractivity contribution in [3.05, 3.63) is 16.1 Å². The molecule has 0 spiro atoms. The second kappa shape index (κ2) is 21.2. The van der Waals surface area contributed by atoms with Crippen molar-refractivity contribution < 1.29 is 9.59 Å². The van der Waals surface area contributed by atoms with Crippen LogP contribution in [0.4, 0.5) is 4.79 Å². The van der Waals surface area contributed by atoms with E-state index in [1.807, 2.05) is 33.1 Å². The number of nitrogens with one attached hydrogen (secondary N) is 1. The summed E-state index contributed by atoms with van der Waals surface area (Å²) in [5, 5.41) is 5.63. The van der Waals surface area contributed by atoms with Crippen LogP contribution in [0.15, 0.2) is 5.38 Å². The number of urea groups is 1. The lowest BCUT2D eigenvalue weighted by molar-refractivity contribution is -0.116. The van der Waals surface area contributed by atoms with E-state index in [2.05, 4.69) is 50.1 Å². The molecule has 0 aromatic carbocycles. The lowest BCUT2D eigenvalue weighted by Crippen LogP contribution is -2.39. The molecule has 0 aliphatic carbocycles. The molecule has 0 bridgehead atoms. The van der Waals surface area contributed by atoms with Gasteiger partial charge in [0.05, 0.1) is 23.8 Å². The number of ketones is 1. The smallest absolute Gasteiger partial charge is 0.317 e. The molecule has 0 aliphatic heterocycles. The van der Waals surface area contributed by atoms with E-state index in [4.69, 9.17) is 0 Å². The quantitative estimate of drug-likeness (QED) is 0.624. The van der Waals surface area contributed by atoms with Crippen molar-refractivity contribution in [1.82, 2.24) is 20.1 Å². The summed E-state index contributed by atoms with van der Waals surface area (Å²) in [5.41, 5.74) is 0.890. The summed E-state index contributed by atoms with van der Waals surface area (Å²) < 4.78 is 0. The van der Waals surface area contributed by atoms with Crippen molar-refractivity contribution in [2.45, 2.75) is 74.8 Å². The minimum atomic E-state index is -0.256. The van der Waals surface area contributed by atoms with Gasteiger partial charge >= 0.3 is 6.03 Å². The molecule has 0 radical (unpaired) electrons. The first-order valence-corrected chi connectivity index (χ1v) is 11.6. The van der Waals surface area contributed by atoms with Crippen LogP contribution >= 0.6 is 11.3 Å². The summed E-state index contributed by atoms with van der Waals surface area (Å²) in [4.78, 5) is 30.7. The molecule has 1 N–H and O–H groups in total. The Morgan fingerprint density at radius 1 is 1.14 bits per heavy atom. The predicted octanol–water partition coefficient (Wildman–Crippen LogP) is 5.08. The molecule has 172 valence electrons. The predicted molar refractivity (Wildman–Crippen MR) is 128 cm³/mol. The summed E-state index contributed by atoms with van der Waals surface area (Å²) in [6, 6.07) is -0.256. The highest BCUT2D eigenvalue weighted by Crippen LogP contribution is 2.15. The van der Waals surface area contributed by atoms with Gasteiger partial charge < -0.3 is 15.1 Å². The Labute approximate surface area is 184 Å². The van der Waals surface area contributed by atoms with Crippen LogP contribution in [-0.4, -0.2) is 60.8 Å². The van der Waals surface area contributed by atoms with Crippen LogP contribution in [0.3, 0.4) is 0 Å². The Balaban J connectivity index is -0.000000570. The fraction of sp³-hybridized carbons (Fsp3) is 0.773. The van der Waals surface area contributed by atoms with Crippen molar-refractivity contribution in [2.75, 3.05) is 34.2 Å². The lowest BCUT2D eigenvalue weighted by Gasteiger charge is -2.16. The largest absolute Gasteiger partial charge is 0.331 e. The first-order chi connectivity index (χ1) is 13.6. The number of hydrogen-bond acceptors (Lipinski definition) is 5. The molecule has 1 aromatic rings. The summed E-state index contributed by atoms with van der Waals surface area (Å²) in [5.74, 6) is 0.519. The number of hydrogen-bond donors (Lipinski definition) is 1. The second-order valence-corrected chi connectivity index (χ2v) is 7.79. The zero-order chi connectivity index (χ0) is 23.4. The van der Waals surface area contributed by atoms with Crippen molar-refractivity contribution >= 4 is 23.2 Å². The maximum absolute atomic E-state index is 11.7. The Morgan fingerprint density at radius 3 is 2.07 bits per heavy atom. The molecule has 6 nitrogen and oxygen atoms in total. The average Bonchev–Trinajstić information content (AvgIpc) is 3.09. The minimum absolute atomic E-state index is 0.0605. The SMILES string of the molecule is CC.CC.CC(=O)CNC(=O)N(C)Cc1csc(CC(C)C)n1.CCCN(C)C. The fourth-order valence-corrected chi connectivity index (χ4v) is 2.96. The van der Waals surface area contributed by atoms with Gasteiger partial charge in [0.25, 0.3) is 0 Å². The van der Waals surface area contributed by atoms with Gasteiger partial charge in [-0.15, -0.1) is 11.3 Å². The highest BCUT2D eigenvalue weighted by molar-refractivity contribution is 7.09. The fourth-order valence-electron chi connectivity index (χ4n) is 1.96. The molecule has 0 saturated carbocycles. The standard InChI is InChI=1S/C13H21N3O2S.C5H13N.2C2H6/c1-9(2)5-12-15-11(8-19-12)7-16(4)13(18)14-6-10(3)17;1-4-5-6(2)3;2*1-2/h8-9H,5-7H2,1-4H3,(H,14,18);4-5H2,1-3H3;2*1-2H3. The summed E-state index contributed by atoms with van der Waals surface area (Å²) in [6.07, 6.45) is 2.22. The molecule has 29 heavy (non-hydrogen) atoms. The molecule has 0 aliphatic rings. The van der Waals surface area contributed by atoms with Gasteiger partial charge in [0, 0.05) is 18.8 Å². The maximum Gasteiger partial charge on any atom is 0.317 e. The van der Waals surface area contributed by atoms with Gasteiger partial charge in [0.15, 0.2) is 0 Å². The first-order valence-electron chi connectivity index (χ1n) is 10.7. The number of nitrogens with zero attached hydrogens (tertiary/aromatic N) is 3. The third kappa shape index (κ3) is 21.1. The van der Waals surface area contributed by atoms with E-state index in [0.29, 0.717) is 12.5 Å². The molecule has 0 atom stereocenters. The van der Waals surface area contributed by atoms with Crippen molar-refractivity contribution in [3.8, 4) is 0 Å². The molecule has 7 heteroatoms. The van der Waals surface area contributed by atoms with E-state index in [9.17, 15) is 9.59 Å². The normalized spacial score (nSPS) is 9.41. The van der Waals surface area contributed by atoms with Gasteiger partial charge in [-0.05, 0) is 39.9 Å². The zero-order valence-corrected chi connectivity index (χ0v) is 21.6. The Bertz CT molecular complexity index is 517. The number of carbonyl (C=O) groups is 2. The lowest BCUT2D eigenvalue weighted by atomic mass is 10.1. The van der Waals surface area contributed by atoms with E-state index >= 15 is 0 Å². The van der Waals surface area contributed by atoms with E-state index in [-0.39, 0.29) is 18.4 Å². The molecule has 2 amide bonds. The number of carbonyl (C=O) groups excluding carboxylic acids is 2. The molecule has 0 fully saturated rings. The van der Waals surface area contributed by atoms with Gasteiger partial charge in [-0.1, -0.05) is 48.5 Å². The van der Waals surface area contributed by atoms with Gasteiger partial charge in [-0.2, -0.15) is 0 Å². The second-order valence-electron chi connectivity index (χ2n) is 6.85. The number of rotatable bonds is 8. The monoisotopic (exact) mass is 430 g/mol. The summed E-state index contributed by atoms with van der Waals surface area (Å²) in [7, 11) is 5.87. The number of thiazole rings is 1. The molecule has 1 aromatic heterocycles. The van der Waals surface area contributed by atoms with Crippen LogP contribution in [0, 0.1) is 5.92 Å². The van der Waals surface area contributed by atoms with Crippen LogP contribution in [0.2, 0.25) is 0 Å². The third-order valence-electron chi connectivity index (χ3n) is 3.09. The van der Waals surface area contributed by atoms with E-state index in [1.165, 1.54) is 24.8 Å². The maximum atomic E-state index is 11.7. The highest BCUT2D eigenvalue weighted by Gasteiger charge is 2.11. The van der Waals surface area contributed by atoms with Crippen molar-refractivity contribution in [2.24, 2.45) is 5.92 Å². The highest BCUT2D eigenvalue weighted by atomic mass is 32.1. The number of amides is 2. The first kappa shape index (κ1) is 32.2. The number of aromatic nitrogens is 1. The molecule has 1 rings (SSSR count). The summed E-state index contributed by atoms with van der Waals surface area (Å²) in [6.45, 7) is 17.7. The molecular formula is C22H46N4O2S. The van der Waals surface area contributed by atoms with Crippen molar-refractivity contribution in [3.63, 3.8) is 0 Å². The van der Waals surface area contributed by atoms with E-state index < -0.39 is 0 Å². The molecule has 1 heterocycles. The minimum Gasteiger partial charge on any atom is -0.331 e. The summed E-state index contributed by atoms with van der Waals surface area (Å²) >= 11 is 1.63. The van der Waals surface area contributed by atoms with Crippen LogP contribution < -0.4 is 5.32 Å². The Kier molecular flexibility index (Phi) is 23.6. The van der Waals surface area contributed by atoms with Gasteiger partial charge in [-0.3, -0.25) is 4.79 Å². The molecule has 0 saturated heterocycles. The molecule has 0 unspecified atom stereocenters. The zero-order valence-electron chi connectivity index (χ0n) is 20.8.